The van der Waals surface area contributed by atoms with Crippen LogP contribution in [-0.2, 0) is 11.2 Å². The first-order valence-corrected chi connectivity index (χ1v) is 9.15. The third-order valence-electron chi connectivity index (χ3n) is 5.57. The third-order valence-corrected chi connectivity index (χ3v) is 5.57. The van der Waals surface area contributed by atoms with Gasteiger partial charge in [-0.05, 0) is 49.4 Å². The molecule has 2 fully saturated rings. The van der Waals surface area contributed by atoms with Gasteiger partial charge < -0.3 is 20.1 Å². The van der Waals surface area contributed by atoms with Gasteiger partial charge in [-0.3, -0.25) is 9.59 Å². The summed E-state index contributed by atoms with van der Waals surface area (Å²) in [6.07, 6.45) is 3.44. The lowest BCUT2D eigenvalue weighted by molar-refractivity contribution is -0.128. The molecule has 0 bridgehead atoms. The average Bonchev–Trinajstić information content (AvgIpc) is 3.33. The van der Waals surface area contributed by atoms with Gasteiger partial charge in [0.15, 0.2) is 0 Å². The molecule has 2 amide bonds. The van der Waals surface area contributed by atoms with Gasteiger partial charge in [-0.25, -0.2) is 0 Å². The highest BCUT2D eigenvalue weighted by molar-refractivity contribution is 5.95. The maximum absolute atomic E-state index is 12.7. The molecule has 1 saturated carbocycles. The highest BCUT2D eigenvalue weighted by atomic mass is 16.5. The summed E-state index contributed by atoms with van der Waals surface area (Å²) in [7, 11) is 0. The van der Waals surface area contributed by atoms with Gasteiger partial charge >= 0.3 is 0 Å². The maximum Gasteiger partial charge on any atom is 0.253 e. The fourth-order valence-electron chi connectivity index (χ4n) is 4.12. The monoisotopic (exact) mass is 344 g/mol. The van der Waals surface area contributed by atoms with Crippen LogP contribution in [0, 0.1) is 5.92 Å². The lowest BCUT2D eigenvalue weighted by atomic mass is 10.0. The molecule has 4 rings (SSSR count). The average molecular weight is 344 g/mol. The van der Waals surface area contributed by atoms with Gasteiger partial charge in [-0.15, -0.1) is 0 Å². The van der Waals surface area contributed by atoms with E-state index in [9.17, 15) is 14.7 Å². The number of hydrogen-bond acceptors (Lipinski definition) is 4. The summed E-state index contributed by atoms with van der Waals surface area (Å²) in [5.74, 6) is 0.519. The van der Waals surface area contributed by atoms with Crippen molar-refractivity contribution in [1.82, 2.24) is 10.2 Å². The number of rotatable bonds is 3. The number of amides is 2. The first-order chi connectivity index (χ1) is 12.1. The van der Waals surface area contributed by atoms with E-state index in [0.29, 0.717) is 31.7 Å². The van der Waals surface area contributed by atoms with E-state index in [4.69, 9.17) is 4.74 Å². The Morgan fingerprint density at radius 3 is 2.92 bits per heavy atom. The van der Waals surface area contributed by atoms with E-state index in [1.54, 1.807) is 4.90 Å². The quantitative estimate of drug-likeness (QED) is 0.861. The van der Waals surface area contributed by atoms with Crippen LogP contribution in [0.15, 0.2) is 18.2 Å². The summed E-state index contributed by atoms with van der Waals surface area (Å²) in [5, 5.41) is 12.9. The number of ether oxygens (including phenoxy) is 1. The van der Waals surface area contributed by atoms with Gasteiger partial charge in [0, 0.05) is 31.1 Å². The number of nitrogens with one attached hydrogen (secondary N) is 1. The summed E-state index contributed by atoms with van der Waals surface area (Å²) >= 11 is 0. The van der Waals surface area contributed by atoms with E-state index in [-0.39, 0.29) is 23.8 Å². The lowest BCUT2D eigenvalue weighted by Crippen LogP contribution is -2.43. The summed E-state index contributed by atoms with van der Waals surface area (Å²) in [6.45, 7) is 1.85. The van der Waals surface area contributed by atoms with Crippen LogP contribution in [0.5, 0.6) is 5.75 Å². The highest BCUT2D eigenvalue weighted by Gasteiger charge is 2.34. The first-order valence-electron chi connectivity index (χ1n) is 9.15. The normalized spacial score (nSPS) is 27.9. The Morgan fingerprint density at radius 2 is 2.12 bits per heavy atom. The highest BCUT2D eigenvalue weighted by Crippen LogP contribution is 2.28. The number of aliphatic hydroxyl groups is 1. The number of benzene rings is 1. The van der Waals surface area contributed by atoms with Crippen molar-refractivity contribution < 1.29 is 19.4 Å². The van der Waals surface area contributed by atoms with Crippen LogP contribution in [0.2, 0.25) is 0 Å². The number of carbonyl (C=O) groups is 2. The Bertz CT molecular complexity index is 690. The molecular formula is C19H24N2O4. The van der Waals surface area contributed by atoms with Crippen LogP contribution in [0.3, 0.4) is 0 Å². The minimum absolute atomic E-state index is 0.00681. The van der Waals surface area contributed by atoms with Crippen molar-refractivity contribution >= 4 is 11.8 Å². The van der Waals surface area contributed by atoms with E-state index in [1.807, 2.05) is 18.2 Å². The van der Waals surface area contributed by atoms with Crippen molar-refractivity contribution in [2.24, 2.45) is 5.92 Å². The van der Waals surface area contributed by atoms with Crippen LogP contribution in [0.25, 0.3) is 0 Å². The second-order valence-electron chi connectivity index (χ2n) is 7.27. The number of hydrogen-bond donors (Lipinski definition) is 2. The molecule has 0 aromatic heterocycles. The molecule has 3 atom stereocenters. The SMILES string of the molecule is O=C(N[C@H]1CCN(C(=O)c2ccc3c(c2)CCO3)C1)C1CCCC1O. The molecule has 2 aliphatic heterocycles. The number of likely N-dealkylation sites (tertiary alicyclic amines) is 1. The van der Waals surface area contributed by atoms with E-state index in [0.717, 1.165) is 37.0 Å². The van der Waals surface area contributed by atoms with Gasteiger partial charge in [-0.1, -0.05) is 0 Å². The summed E-state index contributed by atoms with van der Waals surface area (Å²) in [4.78, 5) is 26.8. The van der Waals surface area contributed by atoms with Crippen molar-refractivity contribution in [2.75, 3.05) is 19.7 Å². The smallest absolute Gasteiger partial charge is 0.253 e. The second kappa shape index (κ2) is 6.67. The van der Waals surface area contributed by atoms with Crippen molar-refractivity contribution in [1.29, 1.82) is 0 Å². The predicted molar refractivity (Wildman–Crippen MR) is 91.4 cm³/mol. The van der Waals surface area contributed by atoms with Crippen LogP contribution in [-0.4, -0.2) is 53.7 Å². The first kappa shape index (κ1) is 16.4. The Balaban J connectivity index is 1.35. The largest absolute Gasteiger partial charge is 0.493 e. The molecule has 0 spiro atoms. The van der Waals surface area contributed by atoms with Crippen LogP contribution in [0.4, 0.5) is 0 Å². The molecule has 1 aliphatic carbocycles. The minimum atomic E-state index is -0.521. The molecule has 2 unspecified atom stereocenters. The van der Waals surface area contributed by atoms with Crippen LogP contribution < -0.4 is 10.1 Å². The van der Waals surface area contributed by atoms with Gasteiger partial charge in [0.05, 0.1) is 18.6 Å². The zero-order chi connectivity index (χ0) is 17.4. The van der Waals surface area contributed by atoms with E-state index < -0.39 is 6.10 Å². The molecule has 1 aromatic carbocycles. The Labute approximate surface area is 147 Å². The fourth-order valence-corrected chi connectivity index (χ4v) is 4.12. The number of aliphatic hydroxyl groups excluding tert-OH is 1. The number of carbonyl (C=O) groups excluding carboxylic acids is 2. The van der Waals surface area contributed by atoms with E-state index in [2.05, 4.69) is 5.32 Å². The molecule has 3 aliphatic rings. The third kappa shape index (κ3) is 3.23. The zero-order valence-corrected chi connectivity index (χ0v) is 14.2. The Hall–Kier alpha value is -2.08. The van der Waals surface area contributed by atoms with Crippen molar-refractivity contribution in [3.8, 4) is 5.75 Å². The van der Waals surface area contributed by atoms with Crippen molar-refractivity contribution in [3.05, 3.63) is 29.3 Å². The molecular weight excluding hydrogens is 320 g/mol. The molecule has 25 heavy (non-hydrogen) atoms. The summed E-state index contributed by atoms with van der Waals surface area (Å²) in [6, 6.07) is 5.58. The van der Waals surface area contributed by atoms with E-state index in [1.165, 1.54) is 0 Å². The maximum atomic E-state index is 12.7. The second-order valence-corrected chi connectivity index (χ2v) is 7.27. The standard InChI is InChI=1S/C19H24N2O4/c22-16-3-1-2-15(16)18(23)20-14-6-8-21(11-14)19(24)13-4-5-17-12(10-13)7-9-25-17/h4-5,10,14-16,22H,1-3,6-9,11H2,(H,20,23)/t14-,15?,16?/m0/s1. The van der Waals surface area contributed by atoms with Crippen LogP contribution in [0.1, 0.15) is 41.6 Å². The van der Waals surface area contributed by atoms with Gasteiger partial charge in [-0.2, -0.15) is 0 Å². The molecule has 134 valence electrons. The fraction of sp³-hybridized carbons (Fsp3) is 0.579. The Morgan fingerprint density at radius 1 is 1.24 bits per heavy atom. The predicted octanol–water partition coefficient (Wildman–Crippen LogP) is 1.11. The Kier molecular flexibility index (Phi) is 4.37. The molecule has 1 aromatic rings. The van der Waals surface area contributed by atoms with Crippen LogP contribution >= 0.6 is 0 Å². The van der Waals surface area contributed by atoms with Gasteiger partial charge in [0.25, 0.3) is 5.91 Å². The zero-order valence-electron chi connectivity index (χ0n) is 14.2. The molecule has 6 heteroatoms. The molecule has 1 saturated heterocycles. The summed E-state index contributed by atoms with van der Waals surface area (Å²) < 4.78 is 5.48. The van der Waals surface area contributed by atoms with Crippen molar-refractivity contribution in [3.63, 3.8) is 0 Å². The summed E-state index contributed by atoms with van der Waals surface area (Å²) in [5.41, 5.74) is 1.77. The minimum Gasteiger partial charge on any atom is -0.493 e. The molecule has 6 nitrogen and oxygen atoms in total. The van der Waals surface area contributed by atoms with Gasteiger partial charge in [0.1, 0.15) is 5.75 Å². The molecule has 2 N–H and O–H groups in total. The topological polar surface area (TPSA) is 78.9 Å². The molecule has 2 heterocycles. The van der Waals surface area contributed by atoms with Crippen molar-refractivity contribution in [2.45, 2.75) is 44.2 Å². The number of fused-ring (bicyclic) bond motifs is 1. The van der Waals surface area contributed by atoms with Gasteiger partial charge in [0.2, 0.25) is 5.91 Å². The molecule has 0 radical (unpaired) electrons. The van der Waals surface area contributed by atoms with E-state index >= 15 is 0 Å². The number of nitrogens with zero attached hydrogens (tertiary/aromatic N) is 1. The lowest BCUT2D eigenvalue weighted by Gasteiger charge is -2.20.